The molecule has 2 N–H and O–H groups in total. The second kappa shape index (κ2) is 4.81. The van der Waals surface area contributed by atoms with Crippen LogP contribution in [-0.4, -0.2) is 28.3 Å². The van der Waals surface area contributed by atoms with Gasteiger partial charge in [-0.05, 0) is 32.8 Å². The van der Waals surface area contributed by atoms with Gasteiger partial charge in [-0.3, -0.25) is 0 Å². The molecule has 1 saturated carbocycles. The third-order valence-electron chi connectivity index (χ3n) is 3.27. The zero-order valence-electron chi connectivity index (χ0n) is 11.8. The molecule has 1 unspecified atom stereocenters. The fraction of sp³-hybridized carbons (Fsp3) is 0.467. The molecule has 2 rings (SSSR count). The third-order valence-corrected chi connectivity index (χ3v) is 3.27. The molecule has 0 spiro atoms. The molecule has 0 aromatic heterocycles. The number of carboxylic acids is 1. The van der Waals surface area contributed by atoms with Crippen molar-refractivity contribution < 1.29 is 19.4 Å². The second-order valence-corrected chi connectivity index (χ2v) is 6.07. The van der Waals surface area contributed by atoms with Crippen LogP contribution in [0.1, 0.15) is 38.7 Å². The van der Waals surface area contributed by atoms with Crippen LogP contribution in [0.15, 0.2) is 30.3 Å². The Bertz CT molecular complexity index is 520. The van der Waals surface area contributed by atoms with E-state index in [1.807, 2.05) is 30.3 Å². The van der Waals surface area contributed by atoms with Gasteiger partial charge in [0.25, 0.3) is 0 Å². The number of carbonyl (C=O) groups is 2. The smallest absolute Gasteiger partial charge is 0.408 e. The molecule has 1 aromatic carbocycles. The molecule has 5 heteroatoms. The SMILES string of the molecule is CC(C)(C)OC(=O)N[C@]1(C(=O)O)CC1c1ccccc1. The minimum Gasteiger partial charge on any atom is -0.479 e. The Kier molecular flexibility index (Phi) is 3.46. The van der Waals surface area contributed by atoms with Crippen LogP contribution in [0.3, 0.4) is 0 Å². The number of aliphatic carboxylic acids is 1. The number of carboxylic acid groups (broad SMARTS) is 1. The molecule has 0 saturated heterocycles. The van der Waals surface area contributed by atoms with Gasteiger partial charge in [-0.25, -0.2) is 9.59 Å². The van der Waals surface area contributed by atoms with Gasteiger partial charge < -0.3 is 15.2 Å². The molecule has 108 valence electrons. The summed E-state index contributed by atoms with van der Waals surface area (Å²) < 4.78 is 5.13. The van der Waals surface area contributed by atoms with Crippen LogP contribution in [0, 0.1) is 0 Å². The van der Waals surface area contributed by atoms with Crippen LogP contribution in [0.4, 0.5) is 4.79 Å². The van der Waals surface area contributed by atoms with E-state index in [2.05, 4.69) is 5.32 Å². The lowest BCUT2D eigenvalue weighted by molar-refractivity contribution is -0.140. The van der Waals surface area contributed by atoms with E-state index < -0.39 is 23.2 Å². The summed E-state index contributed by atoms with van der Waals surface area (Å²) in [6.07, 6.45) is -0.315. The summed E-state index contributed by atoms with van der Waals surface area (Å²) in [6.45, 7) is 5.21. The van der Waals surface area contributed by atoms with E-state index in [9.17, 15) is 14.7 Å². The van der Waals surface area contributed by atoms with Crippen LogP contribution < -0.4 is 5.32 Å². The van der Waals surface area contributed by atoms with Crippen LogP contribution in [0.2, 0.25) is 0 Å². The van der Waals surface area contributed by atoms with Gasteiger partial charge in [0.1, 0.15) is 11.1 Å². The van der Waals surface area contributed by atoms with E-state index in [1.165, 1.54) is 0 Å². The summed E-state index contributed by atoms with van der Waals surface area (Å²) in [4.78, 5) is 23.3. The van der Waals surface area contributed by atoms with Gasteiger partial charge in [-0.2, -0.15) is 0 Å². The van der Waals surface area contributed by atoms with E-state index in [-0.39, 0.29) is 5.92 Å². The van der Waals surface area contributed by atoms with Gasteiger partial charge in [0.05, 0.1) is 0 Å². The Labute approximate surface area is 117 Å². The van der Waals surface area contributed by atoms with Crippen LogP contribution in [-0.2, 0) is 9.53 Å². The lowest BCUT2D eigenvalue weighted by Gasteiger charge is -2.22. The maximum atomic E-state index is 11.8. The molecular weight excluding hydrogens is 258 g/mol. The quantitative estimate of drug-likeness (QED) is 0.890. The minimum absolute atomic E-state index is 0.214. The molecule has 0 bridgehead atoms. The maximum absolute atomic E-state index is 11.8. The molecule has 2 atom stereocenters. The highest BCUT2D eigenvalue weighted by molar-refractivity contribution is 5.90. The third kappa shape index (κ3) is 2.92. The summed E-state index contributed by atoms with van der Waals surface area (Å²) in [6, 6.07) is 9.31. The highest BCUT2D eigenvalue weighted by atomic mass is 16.6. The molecule has 1 aliphatic rings. The maximum Gasteiger partial charge on any atom is 0.408 e. The van der Waals surface area contributed by atoms with Crippen molar-refractivity contribution in [1.29, 1.82) is 0 Å². The van der Waals surface area contributed by atoms with E-state index in [0.717, 1.165) is 5.56 Å². The molecule has 1 fully saturated rings. The first-order chi connectivity index (χ1) is 9.24. The van der Waals surface area contributed by atoms with Gasteiger partial charge in [0.15, 0.2) is 0 Å². The molecular formula is C15H19NO4. The number of ether oxygens (including phenoxy) is 1. The molecule has 0 heterocycles. The summed E-state index contributed by atoms with van der Waals surface area (Å²) in [5.41, 5.74) is -0.990. The zero-order chi connectivity index (χ0) is 15.0. The number of nitrogens with one attached hydrogen (secondary N) is 1. The first kappa shape index (κ1) is 14.4. The van der Waals surface area contributed by atoms with Crippen molar-refractivity contribution >= 4 is 12.1 Å². The molecule has 0 radical (unpaired) electrons. The number of hydrogen-bond acceptors (Lipinski definition) is 3. The topological polar surface area (TPSA) is 75.6 Å². The lowest BCUT2D eigenvalue weighted by Crippen LogP contribution is -2.46. The first-order valence-electron chi connectivity index (χ1n) is 6.54. The monoisotopic (exact) mass is 277 g/mol. The predicted octanol–water partition coefficient (Wildman–Crippen LogP) is 2.52. The summed E-state index contributed by atoms with van der Waals surface area (Å²) in [5.74, 6) is -1.24. The normalized spacial score (nSPS) is 24.9. The van der Waals surface area contributed by atoms with E-state index in [1.54, 1.807) is 20.8 Å². The van der Waals surface area contributed by atoms with Crippen LogP contribution >= 0.6 is 0 Å². The molecule has 1 aliphatic carbocycles. The van der Waals surface area contributed by atoms with Gasteiger partial charge in [-0.1, -0.05) is 30.3 Å². The Hall–Kier alpha value is -2.04. The number of rotatable bonds is 3. The van der Waals surface area contributed by atoms with Gasteiger partial charge in [-0.15, -0.1) is 0 Å². The van der Waals surface area contributed by atoms with E-state index >= 15 is 0 Å². The highest BCUT2D eigenvalue weighted by Crippen LogP contribution is 2.51. The number of amides is 1. The van der Waals surface area contributed by atoms with Gasteiger partial charge in [0, 0.05) is 5.92 Å². The van der Waals surface area contributed by atoms with Crippen molar-refractivity contribution in [3.63, 3.8) is 0 Å². The molecule has 0 aliphatic heterocycles. The van der Waals surface area contributed by atoms with Crippen molar-refractivity contribution in [1.82, 2.24) is 5.32 Å². The number of carbonyl (C=O) groups excluding carboxylic acids is 1. The molecule has 20 heavy (non-hydrogen) atoms. The first-order valence-corrected chi connectivity index (χ1v) is 6.54. The fourth-order valence-corrected chi connectivity index (χ4v) is 2.26. The lowest BCUT2D eigenvalue weighted by atomic mass is 10.1. The standard InChI is InChI=1S/C15H19NO4/c1-14(2,3)20-13(19)16-15(12(17)18)9-11(15)10-7-5-4-6-8-10/h4-8,11H,9H2,1-3H3,(H,16,19)(H,17,18)/t11?,15-/m1/s1. The summed E-state index contributed by atoms with van der Waals surface area (Å²) >= 11 is 0. The van der Waals surface area contributed by atoms with Crippen LogP contribution in [0.25, 0.3) is 0 Å². The van der Waals surface area contributed by atoms with Crippen molar-refractivity contribution in [2.75, 3.05) is 0 Å². The average Bonchev–Trinajstić information content (AvgIpc) is 3.03. The highest BCUT2D eigenvalue weighted by Gasteiger charge is 2.62. The minimum atomic E-state index is -1.25. The molecule has 5 nitrogen and oxygen atoms in total. The Morgan fingerprint density at radius 2 is 1.90 bits per heavy atom. The number of benzene rings is 1. The van der Waals surface area contributed by atoms with E-state index in [4.69, 9.17) is 4.74 Å². The fourth-order valence-electron chi connectivity index (χ4n) is 2.26. The van der Waals surface area contributed by atoms with Crippen molar-refractivity contribution in [3.8, 4) is 0 Å². The largest absolute Gasteiger partial charge is 0.479 e. The summed E-state index contributed by atoms with van der Waals surface area (Å²) in [7, 11) is 0. The Balaban J connectivity index is 2.11. The number of hydrogen-bond donors (Lipinski definition) is 2. The predicted molar refractivity (Wildman–Crippen MR) is 73.5 cm³/mol. The average molecular weight is 277 g/mol. The second-order valence-electron chi connectivity index (χ2n) is 6.07. The van der Waals surface area contributed by atoms with Crippen molar-refractivity contribution in [3.05, 3.63) is 35.9 Å². The zero-order valence-corrected chi connectivity index (χ0v) is 11.8. The summed E-state index contributed by atoms with van der Waals surface area (Å²) in [5, 5.41) is 11.9. The molecule has 1 amide bonds. The van der Waals surface area contributed by atoms with Crippen LogP contribution in [0.5, 0.6) is 0 Å². The number of alkyl carbamates (subject to hydrolysis) is 1. The Morgan fingerprint density at radius 1 is 1.30 bits per heavy atom. The van der Waals surface area contributed by atoms with Gasteiger partial charge in [0.2, 0.25) is 0 Å². The molecule has 1 aromatic rings. The van der Waals surface area contributed by atoms with Crippen molar-refractivity contribution in [2.24, 2.45) is 0 Å². The van der Waals surface area contributed by atoms with Gasteiger partial charge >= 0.3 is 12.1 Å². The van der Waals surface area contributed by atoms with Crippen molar-refractivity contribution in [2.45, 2.75) is 44.2 Å². The Morgan fingerprint density at radius 3 is 2.40 bits per heavy atom. The van der Waals surface area contributed by atoms with E-state index in [0.29, 0.717) is 6.42 Å².